The van der Waals surface area contributed by atoms with Crippen molar-refractivity contribution in [2.45, 2.75) is 6.92 Å². The van der Waals surface area contributed by atoms with Crippen molar-refractivity contribution in [2.75, 3.05) is 32.8 Å². The summed E-state index contributed by atoms with van der Waals surface area (Å²) in [6, 6.07) is 13.8. The van der Waals surface area contributed by atoms with Crippen molar-refractivity contribution in [2.24, 2.45) is 0 Å². The highest BCUT2D eigenvalue weighted by Crippen LogP contribution is 2.23. The van der Waals surface area contributed by atoms with Crippen LogP contribution in [0.2, 0.25) is 0 Å². The fraction of sp³-hybridized carbons (Fsp3) is 0.300. The van der Waals surface area contributed by atoms with Gasteiger partial charge in [0.05, 0.1) is 6.61 Å². The van der Waals surface area contributed by atoms with Crippen molar-refractivity contribution in [1.29, 1.82) is 0 Å². The Morgan fingerprint density at radius 3 is 2.27 bits per heavy atom. The molecular formula is C20H21FN2O3. The number of halogens is 1. The van der Waals surface area contributed by atoms with Gasteiger partial charge in [-0.1, -0.05) is 30.3 Å². The van der Waals surface area contributed by atoms with Crippen LogP contribution in [0.25, 0.3) is 11.1 Å². The second-order valence-corrected chi connectivity index (χ2v) is 6.07. The second kappa shape index (κ2) is 7.99. The molecule has 3 rings (SSSR count). The monoisotopic (exact) mass is 356 g/mol. The van der Waals surface area contributed by atoms with Crippen LogP contribution in [0.3, 0.4) is 0 Å². The van der Waals surface area contributed by atoms with Crippen LogP contribution >= 0.6 is 0 Å². The summed E-state index contributed by atoms with van der Waals surface area (Å²) < 4.78 is 19.0. The fourth-order valence-corrected chi connectivity index (χ4v) is 3.00. The van der Waals surface area contributed by atoms with Crippen molar-refractivity contribution in [3.05, 3.63) is 59.9 Å². The topological polar surface area (TPSA) is 49.9 Å². The van der Waals surface area contributed by atoms with E-state index in [1.54, 1.807) is 22.8 Å². The van der Waals surface area contributed by atoms with Gasteiger partial charge in [-0.3, -0.25) is 4.79 Å². The van der Waals surface area contributed by atoms with E-state index in [0.29, 0.717) is 43.9 Å². The summed E-state index contributed by atoms with van der Waals surface area (Å²) >= 11 is 0. The molecule has 0 spiro atoms. The molecule has 1 aliphatic heterocycles. The Hall–Kier alpha value is -2.89. The standard InChI is InChI=1S/C20H21FN2O3/c1-2-26-20(25)23-10-8-22(9-11-23)19(24)17-12-16(13-18(21)14-17)15-6-4-3-5-7-15/h3-7,12-14H,2,8-11H2,1H3. The van der Waals surface area contributed by atoms with E-state index in [2.05, 4.69) is 0 Å². The largest absolute Gasteiger partial charge is 0.450 e. The van der Waals surface area contributed by atoms with Crippen molar-refractivity contribution < 1.29 is 18.7 Å². The maximum Gasteiger partial charge on any atom is 0.409 e. The first-order valence-electron chi connectivity index (χ1n) is 8.65. The molecule has 0 unspecified atom stereocenters. The van der Waals surface area contributed by atoms with Crippen LogP contribution < -0.4 is 0 Å². The average Bonchev–Trinajstić information content (AvgIpc) is 2.68. The molecular weight excluding hydrogens is 335 g/mol. The number of carbonyl (C=O) groups is 2. The van der Waals surface area contributed by atoms with E-state index in [4.69, 9.17) is 4.74 Å². The molecule has 6 heteroatoms. The van der Waals surface area contributed by atoms with Crippen LogP contribution in [-0.4, -0.2) is 54.6 Å². The quantitative estimate of drug-likeness (QED) is 0.847. The highest BCUT2D eigenvalue weighted by Gasteiger charge is 2.26. The SMILES string of the molecule is CCOC(=O)N1CCN(C(=O)c2cc(F)cc(-c3ccccc3)c2)CC1. The third kappa shape index (κ3) is 4.02. The lowest BCUT2D eigenvalue weighted by molar-refractivity contribution is 0.0570. The van der Waals surface area contributed by atoms with E-state index in [1.807, 2.05) is 30.3 Å². The van der Waals surface area contributed by atoms with E-state index in [0.717, 1.165) is 5.56 Å². The molecule has 1 saturated heterocycles. The number of rotatable bonds is 3. The summed E-state index contributed by atoms with van der Waals surface area (Å²) in [6.07, 6.45) is -0.364. The highest BCUT2D eigenvalue weighted by atomic mass is 19.1. The Balaban J connectivity index is 1.73. The molecule has 1 fully saturated rings. The van der Waals surface area contributed by atoms with Crippen LogP contribution in [0.5, 0.6) is 0 Å². The lowest BCUT2D eigenvalue weighted by Gasteiger charge is -2.34. The third-order valence-electron chi connectivity index (χ3n) is 4.34. The van der Waals surface area contributed by atoms with Gasteiger partial charge < -0.3 is 14.5 Å². The summed E-state index contributed by atoms with van der Waals surface area (Å²) in [5.41, 5.74) is 1.83. The summed E-state index contributed by atoms with van der Waals surface area (Å²) in [4.78, 5) is 27.7. The Kier molecular flexibility index (Phi) is 5.51. The van der Waals surface area contributed by atoms with Crippen molar-refractivity contribution in [1.82, 2.24) is 9.80 Å². The number of ether oxygens (including phenoxy) is 1. The molecule has 0 N–H and O–H groups in total. The van der Waals surface area contributed by atoms with Gasteiger partial charge in [0.2, 0.25) is 0 Å². The number of amides is 2. The minimum absolute atomic E-state index is 0.231. The van der Waals surface area contributed by atoms with Crippen LogP contribution in [0.4, 0.5) is 9.18 Å². The highest BCUT2D eigenvalue weighted by molar-refractivity contribution is 5.95. The molecule has 0 aromatic heterocycles. The maximum absolute atomic E-state index is 14.1. The zero-order valence-corrected chi connectivity index (χ0v) is 14.7. The van der Waals surface area contributed by atoms with Crippen LogP contribution in [-0.2, 0) is 4.74 Å². The molecule has 0 atom stereocenters. The molecule has 2 aromatic rings. The van der Waals surface area contributed by atoms with Gasteiger partial charge in [0.15, 0.2) is 0 Å². The van der Waals surface area contributed by atoms with Crippen LogP contribution in [0.1, 0.15) is 17.3 Å². The smallest absolute Gasteiger partial charge is 0.409 e. The molecule has 0 saturated carbocycles. The summed E-state index contributed by atoms with van der Waals surface area (Å²) in [6.45, 7) is 3.69. The number of hydrogen-bond donors (Lipinski definition) is 0. The Morgan fingerprint density at radius 2 is 1.62 bits per heavy atom. The predicted octanol–water partition coefficient (Wildman–Crippen LogP) is 3.41. The van der Waals surface area contributed by atoms with Gasteiger partial charge in [-0.2, -0.15) is 0 Å². The van der Waals surface area contributed by atoms with E-state index in [-0.39, 0.29) is 12.0 Å². The number of benzene rings is 2. The minimum atomic E-state index is -0.445. The molecule has 2 aromatic carbocycles. The first-order chi connectivity index (χ1) is 12.6. The summed E-state index contributed by atoms with van der Waals surface area (Å²) in [7, 11) is 0. The zero-order valence-electron chi connectivity index (χ0n) is 14.7. The minimum Gasteiger partial charge on any atom is -0.450 e. The molecule has 136 valence electrons. The van der Waals surface area contributed by atoms with E-state index < -0.39 is 5.82 Å². The van der Waals surface area contributed by atoms with Gasteiger partial charge in [-0.15, -0.1) is 0 Å². The zero-order chi connectivity index (χ0) is 18.5. The van der Waals surface area contributed by atoms with Crippen molar-refractivity contribution in [3.63, 3.8) is 0 Å². The lowest BCUT2D eigenvalue weighted by Crippen LogP contribution is -2.50. The van der Waals surface area contributed by atoms with Crippen LogP contribution in [0.15, 0.2) is 48.5 Å². The Bertz CT molecular complexity index is 787. The van der Waals surface area contributed by atoms with E-state index in [9.17, 15) is 14.0 Å². The molecule has 1 aliphatic rings. The lowest BCUT2D eigenvalue weighted by atomic mass is 10.0. The predicted molar refractivity (Wildman–Crippen MR) is 96.3 cm³/mol. The average molecular weight is 356 g/mol. The number of piperazine rings is 1. The summed E-state index contributed by atoms with van der Waals surface area (Å²) in [5, 5.41) is 0. The van der Waals surface area contributed by atoms with Crippen molar-refractivity contribution in [3.8, 4) is 11.1 Å². The molecule has 26 heavy (non-hydrogen) atoms. The molecule has 0 radical (unpaired) electrons. The van der Waals surface area contributed by atoms with E-state index in [1.165, 1.54) is 12.1 Å². The van der Waals surface area contributed by atoms with Gasteiger partial charge in [-0.25, -0.2) is 9.18 Å². The number of hydrogen-bond acceptors (Lipinski definition) is 3. The molecule has 0 bridgehead atoms. The normalized spacial score (nSPS) is 14.2. The Labute approximate surface area is 152 Å². The number of carbonyl (C=O) groups excluding carboxylic acids is 2. The van der Waals surface area contributed by atoms with Crippen LogP contribution in [0, 0.1) is 5.82 Å². The first kappa shape index (κ1) is 17.9. The fourth-order valence-electron chi connectivity index (χ4n) is 3.00. The molecule has 1 heterocycles. The first-order valence-corrected chi connectivity index (χ1v) is 8.65. The van der Waals surface area contributed by atoms with Gasteiger partial charge >= 0.3 is 6.09 Å². The van der Waals surface area contributed by atoms with Crippen molar-refractivity contribution >= 4 is 12.0 Å². The van der Waals surface area contributed by atoms with Gasteiger partial charge in [0.25, 0.3) is 5.91 Å². The third-order valence-corrected chi connectivity index (χ3v) is 4.34. The number of nitrogens with zero attached hydrogens (tertiary/aromatic N) is 2. The van der Waals surface area contributed by atoms with Gasteiger partial charge in [0, 0.05) is 31.7 Å². The molecule has 5 nitrogen and oxygen atoms in total. The van der Waals surface area contributed by atoms with Gasteiger partial charge in [-0.05, 0) is 36.2 Å². The van der Waals surface area contributed by atoms with Gasteiger partial charge in [0.1, 0.15) is 5.82 Å². The molecule has 0 aliphatic carbocycles. The van der Waals surface area contributed by atoms with E-state index >= 15 is 0 Å². The molecule has 2 amide bonds. The summed E-state index contributed by atoms with van der Waals surface area (Å²) in [5.74, 6) is -0.676. The second-order valence-electron chi connectivity index (χ2n) is 6.07. The Morgan fingerprint density at radius 1 is 0.962 bits per heavy atom. The maximum atomic E-state index is 14.1.